The van der Waals surface area contributed by atoms with Crippen LogP contribution >= 0.6 is 11.3 Å². The third kappa shape index (κ3) is 3.44. The molecule has 4 rings (SSSR count). The number of hydrogen-bond acceptors (Lipinski definition) is 5. The molecule has 0 spiro atoms. The molecule has 142 valence electrons. The van der Waals surface area contributed by atoms with Crippen molar-refractivity contribution in [3.63, 3.8) is 0 Å². The van der Waals surface area contributed by atoms with Gasteiger partial charge in [0, 0.05) is 11.3 Å². The number of halogens is 3. The van der Waals surface area contributed by atoms with E-state index in [2.05, 4.69) is 15.7 Å². The van der Waals surface area contributed by atoms with E-state index in [4.69, 9.17) is 4.42 Å². The van der Waals surface area contributed by atoms with Crippen LogP contribution < -0.4 is 10.6 Å². The minimum Gasteiger partial charge on any atom is -0.467 e. The highest BCUT2D eigenvalue weighted by molar-refractivity contribution is 7.10. The number of hydrogen-bond donors (Lipinski definition) is 2. The predicted molar refractivity (Wildman–Crippen MR) is 92.5 cm³/mol. The molecule has 4 heterocycles. The molecule has 6 nitrogen and oxygen atoms in total. The van der Waals surface area contributed by atoms with E-state index in [9.17, 15) is 18.0 Å². The fourth-order valence-corrected chi connectivity index (χ4v) is 3.87. The molecule has 1 amide bonds. The number of thiophene rings is 1. The molecule has 10 heteroatoms. The lowest BCUT2D eigenvalue weighted by Gasteiger charge is -2.33. The number of alkyl halides is 3. The number of nitrogens with one attached hydrogen (secondary N) is 2. The average molecular weight is 396 g/mol. The van der Waals surface area contributed by atoms with Gasteiger partial charge in [0.25, 0.3) is 5.91 Å². The Morgan fingerprint density at radius 2 is 2.26 bits per heavy atom. The Kier molecular flexibility index (Phi) is 4.42. The maximum atomic E-state index is 13.6. The number of aromatic nitrogens is 2. The van der Waals surface area contributed by atoms with Gasteiger partial charge in [-0.25, -0.2) is 4.68 Å². The third-order valence-electron chi connectivity index (χ3n) is 4.37. The van der Waals surface area contributed by atoms with Gasteiger partial charge in [0.05, 0.1) is 25.0 Å². The number of rotatable bonds is 4. The van der Waals surface area contributed by atoms with E-state index in [0.717, 1.165) is 15.8 Å². The molecule has 1 aliphatic rings. The van der Waals surface area contributed by atoms with Crippen LogP contribution in [0.15, 0.2) is 46.5 Å². The summed E-state index contributed by atoms with van der Waals surface area (Å²) >= 11 is 1.37. The Balaban J connectivity index is 1.63. The van der Waals surface area contributed by atoms with E-state index in [1.807, 2.05) is 5.38 Å². The maximum Gasteiger partial charge on any atom is 0.410 e. The smallest absolute Gasteiger partial charge is 0.410 e. The maximum absolute atomic E-state index is 13.6. The summed E-state index contributed by atoms with van der Waals surface area (Å²) < 4.78 is 46.7. The van der Waals surface area contributed by atoms with Crippen LogP contribution in [0.3, 0.4) is 0 Å². The molecule has 0 saturated heterocycles. The monoisotopic (exact) mass is 396 g/mol. The Morgan fingerprint density at radius 1 is 1.41 bits per heavy atom. The van der Waals surface area contributed by atoms with Gasteiger partial charge in [0.1, 0.15) is 17.1 Å². The van der Waals surface area contributed by atoms with Crippen LogP contribution in [0.25, 0.3) is 0 Å². The van der Waals surface area contributed by atoms with Crippen molar-refractivity contribution in [2.24, 2.45) is 0 Å². The summed E-state index contributed by atoms with van der Waals surface area (Å²) in [5, 5.41) is 11.3. The van der Waals surface area contributed by atoms with Gasteiger partial charge < -0.3 is 15.1 Å². The van der Waals surface area contributed by atoms with Crippen LogP contribution in [-0.4, -0.2) is 21.9 Å². The van der Waals surface area contributed by atoms with Gasteiger partial charge in [0.2, 0.25) is 0 Å². The van der Waals surface area contributed by atoms with E-state index in [0.29, 0.717) is 5.76 Å². The van der Waals surface area contributed by atoms with Crippen molar-refractivity contribution >= 4 is 23.1 Å². The predicted octanol–water partition coefficient (Wildman–Crippen LogP) is 4.13. The molecule has 3 aromatic heterocycles. The first-order valence-electron chi connectivity index (χ1n) is 8.18. The molecule has 0 aromatic carbocycles. The summed E-state index contributed by atoms with van der Waals surface area (Å²) in [4.78, 5) is 13.3. The first-order chi connectivity index (χ1) is 12.9. The van der Waals surface area contributed by atoms with Crippen molar-refractivity contribution in [2.75, 3.05) is 5.32 Å². The van der Waals surface area contributed by atoms with Gasteiger partial charge in [0.15, 0.2) is 6.04 Å². The summed E-state index contributed by atoms with van der Waals surface area (Å²) in [5.41, 5.74) is 0.0667. The lowest BCUT2D eigenvalue weighted by molar-refractivity contribution is -0.173. The number of furan rings is 1. The Labute approximate surface area is 156 Å². The number of carbonyl (C=O) groups is 1. The van der Waals surface area contributed by atoms with Gasteiger partial charge in [-0.3, -0.25) is 4.79 Å². The Hall–Kier alpha value is -2.75. The van der Waals surface area contributed by atoms with Gasteiger partial charge in [-0.1, -0.05) is 6.07 Å². The zero-order valence-electron chi connectivity index (χ0n) is 13.9. The molecule has 0 fully saturated rings. The van der Waals surface area contributed by atoms with Crippen LogP contribution in [0, 0.1) is 0 Å². The molecule has 3 aromatic rings. The molecule has 1 aliphatic heterocycles. The van der Waals surface area contributed by atoms with Crippen LogP contribution in [0.4, 0.5) is 19.0 Å². The van der Waals surface area contributed by atoms with E-state index in [1.165, 1.54) is 17.6 Å². The second kappa shape index (κ2) is 6.76. The molecule has 0 unspecified atom stereocenters. The van der Waals surface area contributed by atoms with E-state index in [-0.39, 0.29) is 24.3 Å². The molecular weight excluding hydrogens is 381 g/mol. The molecule has 0 aliphatic carbocycles. The summed E-state index contributed by atoms with van der Waals surface area (Å²) in [7, 11) is 0. The molecule has 0 radical (unpaired) electrons. The minimum atomic E-state index is -4.47. The van der Waals surface area contributed by atoms with Crippen molar-refractivity contribution in [3.05, 3.63) is 58.3 Å². The van der Waals surface area contributed by atoms with Crippen molar-refractivity contribution in [2.45, 2.75) is 31.2 Å². The Bertz CT molecular complexity index is 919. The van der Waals surface area contributed by atoms with E-state index >= 15 is 0 Å². The fourth-order valence-electron chi connectivity index (χ4n) is 3.08. The summed E-state index contributed by atoms with van der Waals surface area (Å²) in [6, 6.07) is 4.60. The topological polar surface area (TPSA) is 72.1 Å². The van der Waals surface area contributed by atoms with Gasteiger partial charge in [-0.15, -0.1) is 11.3 Å². The average Bonchev–Trinajstić information content (AvgIpc) is 3.39. The molecular formula is C17H15F3N4O2S. The molecule has 2 N–H and O–H groups in total. The normalized spacial score (nSPS) is 19.4. The van der Waals surface area contributed by atoms with Gasteiger partial charge >= 0.3 is 6.18 Å². The Morgan fingerprint density at radius 3 is 2.93 bits per heavy atom. The highest BCUT2D eigenvalue weighted by Crippen LogP contribution is 2.44. The SMILES string of the molecule is O=C(NCc1ccco1)c1cnn2c1N[C@@H](c1cccs1)C[C@@H]2C(F)(F)F. The molecule has 0 saturated carbocycles. The van der Waals surface area contributed by atoms with E-state index in [1.54, 1.807) is 24.3 Å². The van der Waals surface area contributed by atoms with Crippen molar-refractivity contribution < 1.29 is 22.4 Å². The second-order valence-corrected chi connectivity index (χ2v) is 7.10. The van der Waals surface area contributed by atoms with Crippen LogP contribution in [0.1, 0.15) is 39.5 Å². The highest BCUT2D eigenvalue weighted by atomic mass is 32.1. The third-order valence-corrected chi connectivity index (χ3v) is 5.36. The molecule has 27 heavy (non-hydrogen) atoms. The number of carbonyl (C=O) groups excluding carboxylic acids is 1. The second-order valence-electron chi connectivity index (χ2n) is 6.12. The van der Waals surface area contributed by atoms with Crippen LogP contribution in [-0.2, 0) is 6.54 Å². The molecule has 0 bridgehead atoms. The number of anilines is 1. The largest absolute Gasteiger partial charge is 0.467 e. The first kappa shape index (κ1) is 17.7. The summed E-state index contributed by atoms with van der Waals surface area (Å²) in [5.74, 6) is 0.0915. The van der Waals surface area contributed by atoms with Gasteiger partial charge in [-0.2, -0.15) is 18.3 Å². The molecule has 2 atom stereocenters. The van der Waals surface area contributed by atoms with Crippen LogP contribution in [0.2, 0.25) is 0 Å². The summed E-state index contributed by atoms with van der Waals surface area (Å²) in [6.07, 6.45) is -2.02. The standard InChI is InChI=1S/C17H15F3N4O2S/c18-17(19,20)14-7-12(13-4-2-6-27-13)23-15-11(9-22-24(14)15)16(25)21-8-10-3-1-5-26-10/h1-6,9,12,14,23H,7-8H2,(H,21,25)/t12-,14-/m1/s1. The number of fused-ring (bicyclic) bond motifs is 1. The van der Waals surface area contributed by atoms with Crippen molar-refractivity contribution in [1.29, 1.82) is 0 Å². The van der Waals surface area contributed by atoms with E-state index < -0.39 is 24.2 Å². The van der Waals surface area contributed by atoms with Gasteiger partial charge in [-0.05, 0) is 23.6 Å². The zero-order valence-corrected chi connectivity index (χ0v) is 14.7. The summed E-state index contributed by atoms with van der Waals surface area (Å²) in [6.45, 7) is 0.132. The van der Waals surface area contributed by atoms with Crippen molar-refractivity contribution in [1.82, 2.24) is 15.1 Å². The van der Waals surface area contributed by atoms with Crippen LogP contribution in [0.5, 0.6) is 0 Å². The number of amides is 1. The number of nitrogens with zero attached hydrogens (tertiary/aromatic N) is 2. The lowest BCUT2D eigenvalue weighted by atomic mass is 10.0. The minimum absolute atomic E-state index is 0.0667. The van der Waals surface area contributed by atoms with Crippen molar-refractivity contribution in [3.8, 4) is 0 Å². The fraction of sp³-hybridized carbons (Fsp3) is 0.294. The highest BCUT2D eigenvalue weighted by Gasteiger charge is 2.47. The lowest BCUT2D eigenvalue weighted by Crippen LogP contribution is -2.36. The zero-order chi connectivity index (χ0) is 19.0. The first-order valence-corrected chi connectivity index (χ1v) is 9.06. The quantitative estimate of drug-likeness (QED) is 0.696.